The van der Waals surface area contributed by atoms with Crippen LogP contribution in [0.3, 0.4) is 0 Å². The van der Waals surface area contributed by atoms with E-state index in [1.165, 1.54) is 0 Å². The number of allylic oxidation sites excluding steroid dienone is 1. The van der Waals surface area contributed by atoms with Gasteiger partial charge >= 0.3 is 0 Å². The van der Waals surface area contributed by atoms with Gasteiger partial charge < -0.3 is 14.4 Å². The van der Waals surface area contributed by atoms with Gasteiger partial charge in [0.15, 0.2) is 5.78 Å². The molecule has 0 amide bonds. The van der Waals surface area contributed by atoms with E-state index in [2.05, 4.69) is 11.2 Å². The first-order valence-electron chi connectivity index (χ1n) is 7.87. The number of ether oxygens (including phenoxy) is 2. The number of thiocarbonyl (C=S) groups is 1. The molecule has 6 heteroatoms. The van der Waals surface area contributed by atoms with E-state index in [0.717, 1.165) is 35.0 Å². The molecule has 0 atom stereocenters. The number of rotatable bonds is 7. The lowest BCUT2D eigenvalue weighted by Gasteiger charge is -2.27. The summed E-state index contributed by atoms with van der Waals surface area (Å²) < 4.78 is 10.8. The number of hydrogen-bond acceptors (Lipinski definition) is 5. The molecule has 2 rings (SSSR count). The maximum absolute atomic E-state index is 12.2. The average molecular weight is 366 g/mol. The minimum Gasteiger partial charge on any atom is -0.497 e. The van der Waals surface area contributed by atoms with Gasteiger partial charge in [-0.2, -0.15) is 11.8 Å². The lowest BCUT2D eigenvalue weighted by Crippen LogP contribution is -2.28. The second-order valence-electron chi connectivity index (χ2n) is 5.45. The topological polar surface area (TPSA) is 38.8 Å². The van der Waals surface area contributed by atoms with Crippen molar-refractivity contribution >= 4 is 40.4 Å². The summed E-state index contributed by atoms with van der Waals surface area (Å²) in [6.45, 7) is 0.800. The Morgan fingerprint density at radius 2 is 2.04 bits per heavy atom. The molecule has 0 saturated heterocycles. The van der Waals surface area contributed by atoms with Crippen LogP contribution in [-0.4, -0.2) is 48.4 Å². The fourth-order valence-corrected chi connectivity index (χ4v) is 3.36. The molecular formula is C18H23NO3S2. The summed E-state index contributed by atoms with van der Waals surface area (Å²) in [5, 5.41) is 0. The molecular weight excluding hydrogens is 342 g/mol. The third kappa shape index (κ3) is 4.51. The fourth-order valence-electron chi connectivity index (χ4n) is 2.65. The maximum Gasteiger partial charge on any atom is 0.158 e. The Labute approximate surface area is 153 Å². The summed E-state index contributed by atoms with van der Waals surface area (Å²) in [6, 6.07) is 5.62. The molecule has 24 heavy (non-hydrogen) atoms. The van der Waals surface area contributed by atoms with Gasteiger partial charge in [0, 0.05) is 37.1 Å². The van der Waals surface area contributed by atoms with Crippen molar-refractivity contribution in [2.75, 3.05) is 32.8 Å². The van der Waals surface area contributed by atoms with Gasteiger partial charge in [-0.25, -0.2) is 0 Å². The highest BCUT2D eigenvalue weighted by molar-refractivity contribution is 7.98. The van der Waals surface area contributed by atoms with Crippen LogP contribution < -0.4 is 9.47 Å². The molecule has 1 aromatic carbocycles. The summed E-state index contributed by atoms with van der Waals surface area (Å²) in [6.07, 6.45) is 5.87. The zero-order valence-electron chi connectivity index (χ0n) is 14.3. The molecule has 1 aliphatic rings. The summed E-state index contributed by atoms with van der Waals surface area (Å²) >= 11 is 7.39. The molecule has 1 aliphatic heterocycles. The maximum atomic E-state index is 12.2. The number of hydrogen-bond donors (Lipinski definition) is 0. The molecule has 0 fully saturated rings. The first-order chi connectivity index (χ1) is 11.6. The van der Waals surface area contributed by atoms with Crippen LogP contribution in [0.25, 0.3) is 5.70 Å². The van der Waals surface area contributed by atoms with E-state index in [0.29, 0.717) is 24.3 Å². The van der Waals surface area contributed by atoms with Gasteiger partial charge in [0.05, 0.1) is 24.9 Å². The molecule has 1 aromatic rings. The second-order valence-corrected chi connectivity index (χ2v) is 6.91. The molecule has 0 N–H and O–H groups in total. The third-order valence-corrected chi connectivity index (χ3v) is 5.01. The molecule has 0 radical (unpaired) electrons. The highest BCUT2D eigenvalue weighted by Gasteiger charge is 2.24. The Kier molecular flexibility index (Phi) is 7.12. The normalized spacial score (nSPS) is 15.1. The van der Waals surface area contributed by atoms with E-state index in [-0.39, 0.29) is 5.78 Å². The predicted octanol–water partition coefficient (Wildman–Crippen LogP) is 3.79. The molecule has 4 nitrogen and oxygen atoms in total. The molecule has 1 heterocycles. The molecule has 0 aromatic heterocycles. The van der Waals surface area contributed by atoms with Gasteiger partial charge in [0.25, 0.3) is 0 Å². The van der Waals surface area contributed by atoms with Crippen LogP contribution in [0.15, 0.2) is 24.3 Å². The molecule has 0 bridgehead atoms. The summed E-state index contributed by atoms with van der Waals surface area (Å²) in [5.41, 5.74) is 1.68. The van der Waals surface area contributed by atoms with Crippen LogP contribution >= 0.6 is 24.0 Å². The monoisotopic (exact) mass is 365 g/mol. The highest BCUT2D eigenvalue weighted by Crippen LogP contribution is 2.34. The summed E-state index contributed by atoms with van der Waals surface area (Å²) in [7, 11) is 3.24. The van der Waals surface area contributed by atoms with Crippen LogP contribution in [-0.2, 0) is 4.79 Å². The zero-order valence-corrected chi connectivity index (χ0v) is 16.0. The van der Waals surface area contributed by atoms with Crippen molar-refractivity contribution in [1.82, 2.24) is 4.90 Å². The number of benzene rings is 1. The minimum absolute atomic E-state index is 0.0950. The van der Waals surface area contributed by atoms with Crippen LogP contribution in [0.4, 0.5) is 0 Å². The molecule has 0 aliphatic carbocycles. The fraction of sp³-hybridized carbons (Fsp3) is 0.444. The lowest BCUT2D eigenvalue weighted by atomic mass is 10.1. The van der Waals surface area contributed by atoms with Crippen LogP contribution in [0.1, 0.15) is 24.8 Å². The smallest absolute Gasteiger partial charge is 0.158 e. The van der Waals surface area contributed by atoms with E-state index in [1.807, 2.05) is 30.0 Å². The van der Waals surface area contributed by atoms with E-state index < -0.39 is 0 Å². The van der Waals surface area contributed by atoms with E-state index in [4.69, 9.17) is 21.7 Å². The van der Waals surface area contributed by atoms with Crippen molar-refractivity contribution < 1.29 is 14.3 Å². The Hall–Kier alpha value is -1.53. The van der Waals surface area contributed by atoms with Gasteiger partial charge in [0.1, 0.15) is 11.5 Å². The molecule has 0 unspecified atom stereocenters. The second kappa shape index (κ2) is 9.08. The largest absolute Gasteiger partial charge is 0.497 e. The molecule has 0 spiro atoms. The third-order valence-electron chi connectivity index (χ3n) is 3.89. The van der Waals surface area contributed by atoms with Crippen molar-refractivity contribution in [2.24, 2.45) is 0 Å². The molecule has 130 valence electrons. The van der Waals surface area contributed by atoms with Gasteiger partial charge in [-0.15, -0.1) is 0 Å². The minimum atomic E-state index is 0.0950. The SMILES string of the molecule is COc1ccc(C2=CC(=O)CCC(=S)N2CCCSC)c(OC)c1. The van der Waals surface area contributed by atoms with Gasteiger partial charge in [-0.3, -0.25) is 4.79 Å². The van der Waals surface area contributed by atoms with E-state index in [1.54, 1.807) is 20.3 Å². The van der Waals surface area contributed by atoms with E-state index in [9.17, 15) is 4.79 Å². The summed E-state index contributed by atoms with van der Waals surface area (Å²) in [5.74, 6) is 2.54. The predicted molar refractivity (Wildman–Crippen MR) is 104 cm³/mol. The highest BCUT2D eigenvalue weighted by atomic mass is 32.2. The Morgan fingerprint density at radius 3 is 2.71 bits per heavy atom. The average Bonchev–Trinajstić information content (AvgIpc) is 2.74. The van der Waals surface area contributed by atoms with Gasteiger partial charge in [0.2, 0.25) is 0 Å². The number of nitrogens with zero attached hydrogens (tertiary/aromatic N) is 1. The Bertz CT molecular complexity index is 643. The first-order valence-corrected chi connectivity index (χ1v) is 9.67. The van der Waals surface area contributed by atoms with Gasteiger partial charge in [-0.05, 0) is 30.6 Å². The standard InChI is InChI=1S/C18H23NO3S2/c1-21-14-6-7-15(17(12-14)22-2)16-11-13(20)5-8-18(23)19(16)9-4-10-24-3/h6-7,11-12H,4-5,8-10H2,1-3H3. The van der Waals surface area contributed by atoms with Gasteiger partial charge in [-0.1, -0.05) is 12.2 Å². The number of thioether (sulfide) groups is 1. The number of carbonyl (C=O) groups excluding carboxylic acids is 1. The Balaban J connectivity index is 2.44. The number of carbonyl (C=O) groups is 1. The zero-order chi connectivity index (χ0) is 17.5. The number of methoxy groups -OCH3 is 2. The van der Waals surface area contributed by atoms with Crippen LogP contribution in [0.5, 0.6) is 11.5 Å². The van der Waals surface area contributed by atoms with Crippen LogP contribution in [0, 0.1) is 0 Å². The van der Waals surface area contributed by atoms with Crippen molar-refractivity contribution in [3.05, 3.63) is 29.8 Å². The van der Waals surface area contributed by atoms with Crippen molar-refractivity contribution in [2.45, 2.75) is 19.3 Å². The first kappa shape index (κ1) is 18.8. The van der Waals surface area contributed by atoms with Crippen molar-refractivity contribution in [1.29, 1.82) is 0 Å². The van der Waals surface area contributed by atoms with Crippen molar-refractivity contribution in [3.63, 3.8) is 0 Å². The quantitative estimate of drug-likeness (QED) is 0.541. The number of ketones is 1. The van der Waals surface area contributed by atoms with E-state index >= 15 is 0 Å². The summed E-state index contributed by atoms with van der Waals surface area (Å²) in [4.78, 5) is 15.1. The molecule has 0 saturated carbocycles. The lowest BCUT2D eigenvalue weighted by molar-refractivity contribution is -0.114. The Morgan fingerprint density at radius 1 is 1.25 bits per heavy atom. The van der Waals surface area contributed by atoms with Crippen LogP contribution in [0.2, 0.25) is 0 Å². The van der Waals surface area contributed by atoms with Crippen molar-refractivity contribution in [3.8, 4) is 11.5 Å².